The van der Waals surface area contributed by atoms with E-state index in [4.69, 9.17) is 0 Å². The summed E-state index contributed by atoms with van der Waals surface area (Å²) in [6.07, 6.45) is 4.37. The highest BCUT2D eigenvalue weighted by Crippen LogP contribution is 2.12. The Labute approximate surface area is 113 Å². The van der Waals surface area contributed by atoms with Gasteiger partial charge in [0.2, 0.25) is 0 Å². The zero-order chi connectivity index (χ0) is 12.8. The molecule has 0 unspecified atom stereocenters. The zero-order valence-corrected chi connectivity index (χ0v) is 11.6. The fourth-order valence-corrected chi connectivity index (χ4v) is 2.72. The van der Waals surface area contributed by atoms with E-state index in [9.17, 15) is 4.79 Å². The summed E-state index contributed by atoms with van der Waals surface area (Å²) < 4.78 is 0. The first-order chi connectivity index (χ1) is 8.79. The van der Waals surface area contributed by atoms with Gasteiger partial charge in [0.05, 0.1) is 0 Å². The summed E-state index contributed by atoms with van der Waals surface area (Å²) in [7, 11) is 0. The van der Waals surface area contributed by atoms with Crippen molar-refractivity contribution in [1.82, 2.24) is 10.2 Å². The first-order valence-corrected chi connectivity index (χ1v) is 7.78. The van der Waals surface area contributed by atoms with Gasteiger partial charge < -0.3 is 10.2 Å². The number of hydrogen-bond donors (Lipinski definition) is 1. The van der Waals surface area contributed by atoms with Crippen LogP contribution < -0.4 is 5.32 Å². The van der Waals surface area contributed by atoms with Crippen LogP contribution in [0.3, 0.4) is 0 Å². The molecule has 0 atom stereocenters. The molecule has 4 heteroatoms. The summed E-state index contributed by atoms with van der Waals surface area (Å²) in [6.45, 7) is 2.42. The number of benzene rings is 1. The third kappa shape index (κ3) is 3.67. The second-order valence-corrected chi connectivity index (χ2v) is 5.47. The third-order valence-corrected chi connectivity index (χ3v) is 3.76. The molecule has 0 aliphatic carbocycles. The molecule has 98 valence electrons. The van der Waals surface area contributed by atoms with E-state index in [-0.39, 0.29) is 6.03 Å². The average molecular weight is 264 g/mol. The van der Waals surface area contributed by atoms with Crippen LogP contribution in [0.5, 0.6) is 0 Å². The van der Waals surface area contributed by atoms with Crippen LogP contribution in [0.15, 0.2) is 24.3 Å². The minimum atomic E-state index is 0.0720. The Morgan fingerprint density at radius 1 is 1.33 bits per heavy atom. The number of likely N-dealkylation sites (tertiary alicyclic amines) is 1. The molecule has 0 spiro atoms. The normalized spacial score (nSPS) is 14.8. The van der Waals surface area contributed by atoms with E-state index < -0.39 is 0 Å². The first kappa shape index (κ1) is 13.3. The fraction of sp³-hybridized carbons (Fsp3) is 0.500. The lowest BCUT2D eigenvalue weighted by Crippen LogP contribution is -2.37. The molecule has 1 saturated heterocycles. The van der Waals surface area contributed by atoms with Crippen LogP contribution in [0, 0.1) is 0 Å². The quantitative estimate of drug-likeness (QED) is 0.907. The van der Waals surface area contributed by atoms with Crippen molar-refractivity contribution in [3.05, 3.63) is 35.4 Å². The Kier molecular flexibility index (Phi) is 4.93. The van der Waals surface area contributed by atoms with E-state index in [1.807, 2.05) is 16.7 Å². The SMILES string of the molecule is CSCc1cccc(CNC(=O)N2CCCC2)c1. The second-order valence-electron chi connectivity index (χ2n) is 4.61. The highest BCUT2D eigenvalue weighted by molar-refractivity contribution is 7.97. The molecule has 3 nitrogen and oxygen atoms in total. The van der Waals surface area contributed by atoms with Crippen molar-refractivity contribution in [3.63, 3.8) is 0 Å². The molecule has 0 saturated carbocycles. The summed E-state index contributed by atoms with van der Waals surface area (Å²) in [5, 5.41) is 2.99. The van der Waals surface area contributed by atoms with Crippen molar-refractivity contribution in [2.24, 2.45) is 0 Å². The number of carbonyl (C=O) groups is 1. The van der Waals surface area contributed by atoms with Crippen molar-refractivity contribution in [2.75, 3.05) is 19.3 Å². The van der Waals surface area contributed by atoms with E-state index in [1.165, 1.54) is 11.1 Å². The van der Waals surface area contributed by atoms with Gasteiger partial charge in [-0.1, -0.05) is 24.3 Å². The van der Waals surface area contributed by atoms with E-state index in [2.05, 4.69) is 35.8 Å². The Morgan fingerprint density at radius 2 is 2.06 bits per heavy atom. The molecule has 0 radical (unpaired) electrons. The van der Waals surface area contributed by atoms with Crippen LogP contribution in [0.1, 0.15) is 24.0 Å². The maximum Gasteiger partial charge on any atom is 0.317 e. The number of rotatable bonds is 4. The number of urea groups is 1. The monoisotopic (exact) mass is 264 g/mol. The van der Waals surface area contributed by atoms with Crippen LogP contribution in [0.2, 0.25) is 0 Å². The summed E-state index contributed by atoms with van der Waals surface area (Å²) in [5.74, 6) is 1.02. The minimum absolute atomic E-state index is 0.0720. The van der Waals surface area contributed by atoms with Crippen LogP contribution in [-0.2, 0) is 12.3 Å². The smallest absolute Gasteiger partial charge is 0.317 e. The lowest BCUT2D eigenvalue weighted by molar-refractivity contribution is 0.208. The number of hydrogen-bond acceptors (Lipinski definition) is 2. The Bertz CT molecular complexity index is 403. The molecule has 1 aromatic carbocycles. The van der Waals surface area contributed by atoms with Gasteiger partial charge in [-0.15, -0.1) is 0 Å². The van der Waals surface area contributed by atoms with E-state index in [1.54, 1.807) is 0 Å². The molecule has 1 heterocycles. The maximum absolute atomic E-state index is 11.8. The molecule has 2 rings (SSSR count). The van der Waals surface area contributed by atoms with E-state index in [0.717, 1.165) is 31.7 Å². The van der Waals surface area contributed by atoms with Gasteiger partial charge in [0, 0.05) is 25.4 Å². The number of nitrogens with zero attached hydrogens (tertiary/aromatic N) is 1. The van der Waals surface area contributed by atoms with Crippen LogP contribution >= 0.6 is 11.8 Å². The van der Waals surface area contributed by atoms with Gasteiger partial charge >= 0.3 is 6.03 Å². The van der Waals surface area contributed by atoms with Crippen molar-refractivity contribution in [1.29, 1.82) is 0 Å². The standard InChI is InChI=1S/C14H20N2OS/c1-18-11-13-6-4-5-12(9-13)10-15-14(17)16-7-2-3-8-16/h4-6,9H,2-3,7-8,10-11H2,1H3,(H,15,17). The summed E-state index contributed by atoms with van der Waals surface area (Å²) >= 11 is 1.81. The molecular weight excluding hydrogens is 244 g/mol. The summed E-state index contributed by atoms with van der Waals surface area (Å²) in [5.41, 5.74) is 2.49. The van der Waals surface area contributed by atoms with E-state index in [0.29, 0.717) is 6.54 Å². The van der Waals surface area contributed by atoms with Gasteiger partial charge in [-0.3, -0.25) is 0 Å². The van der Waals surface area contributed by atoms with Crippen molar-refractivity contribution < 1.29 is 4.79 Å². The lowest BCUT2D eigenvalue weighted by atomic mass is 10.1. The van der Waals surface area contributed by atoms with Crippen LogP contribution in [-0.4, -0.2) is 30.3 Å². The molecule has 2 amide bonds. The fourth-order valence-electron chi connectivity index (χ4n) is 2.21. The summed E-state index contributed by atoms with van der Waals surface area (Å²) in [6, 6.07) is 8.49. The van der Waals surface area contributed by atoms with Crippen molar-refractivity contribution >= 4 is 17.8 Å². The van der Waals surface area contributed by atoms with Crippen molar-refractivity contribution in [3.8, 4) is 0 Å². The van der Waals surface area contributed by atoms with Gasteiger partial charge in [-0.05, 0) is 30.2 Å². The molecular formula is C14H20N2OS. The molecule has 1 aliphatic rings. The Morgan fingerprint density at radius 3 is 2.78 bits per heavy atom. The molecule has 1 aliphatic heterocycles. The lowest BCUT2D eigenvalue weighted by Gasteiger charge is -2.16. The van der Waals surface area contributed by atoms with Crippen LogP contribution in [0.4, 0.5) is 4.79 Å². The van der Waals surface area contributed by atoms with Gasteiger partial charge in [0.1, 0.15) is 0 Å². The van der Waals surface area contributed by atoms with Gasteiger partial charge in [-0.2, -0.15) is 11.8 Å². The first-order valence-electron chi connectivity index (χ1n) is 6.39. The predicted octanol–water partition coefficient (Wildman–Crippen LogP) is 2.86. The molecule has 1 aromatic rings. The topological polar surface area (TPSA) is 32.3 Å². The minimum Gasteiger partial charge on any atom is -0.334 e. The Hall–Kier alpha value is -1.16. The molecule has 18 heavy (non-hydrogen) atoms. The molecule has 1 fully saturated rings. The molecule has 1 N–H and O–H groups in total. The highest BCUT2D eigenvalue weighted by atomic mass is 32.2. The third-order valence-electron chi connectivity index (χ3n) is 3.14. The maximum atomic E-state index is 11.8. The zero-order valence-electron chi connectivity index (χ0n) is 10.8. The van der Waals surface area contributed by atoms with Crippen molar-refractivity contribution in [2.45, 2.75) is 25.1 Å². The largest absolute Gasteiger partial charge is 0.334 e. The number of thioether (sulfide) groups is 1. The number of carbonyl (C=O) groups excluding carboxylic acids is 1. The van der Waals surface area contributed by atoms with E-state index >= 15 is 0 Å². The number of nitrogens with one attached hydrogen (secondary N) is 1. The second kappa shape index (κ2) is 6.69. The van der Waals surface area contributed by atoms with Gasteiger partial charge in [0.15, 0.2) is 0 Å². The van der Waals surface area contributed by atoms with Gasteiger partial charge in [-0.25, -0.2) is 4.79 Å². The van der Waals surface area contributed by atoms with Gasteiger partial charge in [0.25, 0.3) is 0 Å². The summed E-state index contributed by atoms with van der Waals surface area (Å²) in [4.78, 5) is 13.7. The number of amides is 2. The molecule has 0 bridgehead atoms. The predicted molar refractivity (Wildman–Crippen MR) is 76.7 cm³/mol. The molecule has 0 aromatic heterocycles. The van der Waals surface area contributed by atoms with Crippen LogP contribution in [0.25, 0.3) is 0 Å². The Balaban J connectivity index is 1.85. The average Bonchev–Trinajstić information content (AvgIpc) is 2.91. The highest BCUT2D eigenvalue weighted by Gasteiger charge is 2.16.